The summed E-state index contributed by atoms with van der Waals surface area (Å²) in [7, 11) is 0. The van der Waals surface area contributed by atoms with Crippen LogP contribution in [0.15, 0.2) is 11.4 Å². The van der Waals surface area contributed by atoms with E-state index in [1.165, 1.54) is 18.1 Å². The number of carbonyl (C=O) groups excluding carboxylic acids is 2. The van der Waals surface area contributed by atoms with Crippen LogP contribution in [0.5, 0.6) is 0 Å². The maximum absolute atomic E-state index is 11.5. The molecular formula is C13H21N5O3S. The number of thioether (sulfide) groups is 1. The number of esters is 1. The Kier molecular flexibility index (Phi) is 8.05. The van der Waals surface area contributed by atoms with E-state index in [1.807, 2.05) is 0 Å². The van der Waals surface area contributed by atoms with Crippen LogP contribution in [-0.4, -0.2) is 40.7 Å². The molecular weight excluding hydrogens is 306 g/mol. The maximum atomic E-state index is 11.5. The van der Waals surface area contributed by atoms with Gasteiger partial charge in [0.05, 0.1) is 6.61 Å². The number of ether oxygens (including phenoxy) is 1. The van der Waals surface area contributed by atoms with Crippen molar-refractivity contribution in [3.05, 3.63) is 6.33 Å². The van der Waals surface area contributed by atoms with Crippen molar-refractivity contribution in [1.29, 1.82) is 0 Å². The Labute approximate surface area is 133 Å². The van der Waals surface area contributed by atoms with Crippen molar-refractivity contribution in [2.45, 2.75) is 31.2 Å². The normalized spacial score (nSPS) is 10.2. The molecule has 0 saturated carbocycles. The van der Waals surface area contributed by atoms with Crippen molar-refractivity contribution >= 4 is 35.1 Å². The van der Waals surface area contributed by atoms with Crippen LogP contribution in [0, 0.1) is 0 Å². The molecule has 1 rings (SSSR count). The van der Waals surface area contributed by atoms with Gasteiger partial charge in [-0.25, -0.2) is 9.97 Å². The van der Waals surface area contributed by atoms with E-state index in [4.69, 9.17) is 16.2 Å². The summed E-state index contributed by atoms with van der Waals surface area (Å²) in [6, 6.07) is 0. The quantitative estimate of drug-likeness (QED) is 0.260. The van der Waals surface area contributed by atoms with E-state index in [9.17, 15) is 9.59 Å². The first kappa shape index (κ1) is 18.0. The number of nitrogens with one attached hydrogen (secondary N) is 1. The van der Waals surface area contributed by atoms with Crippen LogP contribution in [0.3, 0.4) is 0 Å². The molecule has 9 heteroatoms. The third kappa shape index (κ3) is 6.61. The number of aromatic nitrogens is 2. The number of carbonyl (C=O) groups is 2. The van der Waals surface area contributed by atoms with Gasteiger partial charge in [0.15, 0.2) is 5.82 Å². The molecule has 0 bridgehead atoms. The van der Waals surface area contributed by atoms with Gasteiger partial charge in [0.1, 0.15) is 23.6 Å². The molecule has 0 atom stereocenters. The molecule has 1 heterocycles. The molecule has 122 valence electrons. The van der Waals surface area contributed by atoms with Crippen molar-refractivity contribution in [2.24, 2.45) is 0 Å². The number of nitrogens with zero attached hydrogens (tertiary/aromatic N) is 2. The average Bonchev–Trinajstić information content (AvgIpc) is 2.49. The molecule has 8 nitrogen and oxygen atoms in total. The Morgan fingerprint density at radius 2 is 2.09 bits per heavy atom. The number of hydrogen-bond donors (Lipinski definition) is 3. The molecule has 5 N–H and O–H groups in total. The molecule has 0 aliphatic heterocycles. The van der Waals surface area contributed by atoms with Crippen LogP contribution in [0.2, 0.25) is 0 Å². The lowest BCUT2D eigenvalue weighted by Gasteiger charge is -2.06. The molecule has 0 spiro atoms. The lowest BCUT2D eigenvalue weighted by molar-refractivity contribution is -0.143. The average molecular weight is 327 g/mol. The van der Waals surface area contributed by atoms with Crippen LogP contribution in [0.1, 0.15) is 26.2 Å². The fraction of sp³-hybridized carbons (Fsp3) is 0.538. The summed E-state index contributed by atoms with van der Waals surface area (Å²) in [5, 5.41) is 3.17. The van der Waals surface area contributed by atoms with E-state index in [2.05, 4.69) is 15.3 Å². The van der Waals surface area contributed by atoms with Crippen LogP contribution >= 0.6 is 11.8 Å². The molecule has 1 aromatic heterocycles. The second kappa shape index (κ2) is 9.82. The minimum atomic E-state index is -0.428. The van der Waals surface area contributed by atoms with E-state index >= 15 is 0 Å². The highest BCUT2D eigenvalue weighted by Gasteiger charge is 2.07. The zero-order chi connectivity index (χ0) is 16.4. The van der Waals surface area contributed by atoms with E-state index in [1.54, 1.807) is 6.92 Å². The van der Waals surface area contributed by atoms with Gasteiger partial charge in [-0.3, -0.25) is 9.59 Å². The summed E-state index contributed by atoms with van der Waals surface area (Å²) >= 11 is 1.48. The molecule has 0 saturated heterocycles. The minimum Gasteiger partial charge on any atom is -0.465 e. The van der Waals surface area contributed by atoms with Gasteiger partial charge in [0, 0.05) is 6.42 Å². The van der Waals surface area contributed by atoms with Crippen molar-refractivity contribution in [3.63, 3.8) is 0 Å². The van der Waals surface area contributed by atoms with Gasteiger partial charge in [-0.1, -0.05) is 0 Å². The Balaban J connectivity index is 2.14. The summed E-state index contributed by atoms with van der Waals surface area (Å²) in [6.45, 7) is 1.94. The van der Waals surface area contributed by atoms with Gasteiger partial charge in [-0.15, -0.1) is 11.8 Å². The Morgan fingerprint density at radius 1 is 1.32 bits per heavy atom. The number of amides is 1. The second-order valence-corrected chi connectivity index (χ2v) is 5.45. The number of anilines is 2. The van der Waals surface area contributed by atoms with Gasteiger partial charge < -0.3 is 21.5 Å². The summed E-state index contributed by atoms with van der Waals surface area (Å²) in [5.74, 6) is 0.453. The van der Waals surface area contributed by atoms with E-state index < -0.39 is 5.97 Å². The van der Waals surface area contributed by atoms with Gasteiger partial charge in [0.25, 0.3) is 0 Å². The van der Waals surface area contributed by atoms with E-state index in [-0.39, 0.29) is 18.3 Å². The molecule has 22 heavy (non-hydrogen) atoms. The van der Waals surface area contributed by atoms with Crippen LogP contribution in [0.4, 0.5) is 11.5 Å². The highest BCUT2D eigenvalue weighted by atomic mass is 32.2. The first-order valence-corrected chi connectivity index (χ1v) is 7.94. The molecule has 0 aromatic carbocycles. The standard InChI is InChI=1S/C13H21N5O3S/c1-2-21-10(20)7-16-9(19)5-3-4-6-22-13-11(14)12(15)17-8-18-13/h8H,2-7,14H2,1H3,(H,16,19)(H2,15,17,18). The summed E-state index contributed by atoms with van der Waals surface area (Å²) in [6.07, 6.45) is 3.27. The van der Waals surface area contributed by atoms with E-state index in [0.29, 0.717) is 30.2 Å². The minimum absolute atomic E-state index is 0.0851. The SMILES string of the molecule is CCOC(=O)CNC(=O)CCCCSc1ncnc(N)c1N. The van der Waals surface area contributed by atoms with Gasteiger partial charge in [-0.05, 0) is 25.5 Å². The maximum Gasteiger partial charge on any atom is 0.325 e. The summed E-state index contributed by atoms with van der Waals surface area (Å²) in [5.41, 5.74) is 11.7. The largest absolute Gasteiger partial charge is 0.465 e. The Hall–Kier alpha value is -2.03. The zero-order valence-corrected chi connectivity index (χ0v) is 13.3. The molecule has 0 unspecified atom stereocenters. The Bertz CT molecular complexity index is 512. The third-order valence-corrected chi connectivity index (χ3v) is 3.74. The topological polar surface area (TPSA) is 133 Å². The van der Waals surface area contributed by atoms with Crippen LogP contribution in [-0.2, 0) is 14.3 Å². The highest BCUT2D eigenvalue weighted by molar-refractivity contribution is 7.99. The third-order valence-electron chi connectivity index (χ3n) is 2.65. The van der Waals surface area contributed by atoms with Crippen LogP contribution < -0.4 is 16.8 Å². The highest BCUT2D eigenvalue weighted by Crippen LogP contribution is 2.26. The molecule has 0 aliphatic rings. The Morgan fingerprint density at radius 3 is 2.82 bits per heavy atom. The first-order valence-electron chi connectivity index (χ1n) is 6.95. The lowest BCUT2D eigenvalue weighted by atomic mass is 10.2. The molecule has 0 radical (unpaired) electrons. The number of rotatable bonds is 9. The van der Waals surface area contributed by atoms with Gasteiger partial charge >= 0.3 is 5.97 Å². The number of unbranched alkanes of at least 4 members (excludes halogenated alkanes) is 1. The fourth-order valence-corrected chi connectivity index (χ4v) is 2.46. The fourth-order valence-electron chi connectivity index (χ4n) is 1.53. The zero-order valence-electron chi connectivity index (χ0n) is 12.5. The monoisotopic (exact) mass is 327 g/mol. The van der Waals surface area contributed by atoms with Gasteiger partial charge in [-0.2, -0.15) is 0 Å². The van der Waals surface area contributed by atoms with Crippen molar-refractivity contribution in [1.82, 2.24) is 15.3 Å². The molecule has 1 aromatic rings. The summed E-state index contributed by atoms with van der Waals surface area (Å²) < 4.78 is 4.71. The van der Waals surface area contributed by atoms with E-state index in [0.717, 1.165) is 12.2 Å². The first-order chi connectivity index (χ1) is 10.5. The van der Waals surface area contributed by atoms with Crippen molar-refractivity contribution in [2.75, 3.05) is 30.4 Å². The molecule has 0 fully saturated rings. The predicted octanol–water partition coefficient (Wildman–Crippen LogP) is 0.583. The number of nitrogen functional groups attached to an aromatic ring is 2. The smallest absolute Gasteiger partial charge is 0.325 e. The van der Waals surface area contributed by atoms with Gasteiger partial charge in [0.2, 0.25) is 5.91 Å². The summed E-state index contributed by atoms with van der Waals surface area (Å²) in [4.78, 5) is 30.4. The van der Waals surface area contributed by atoms with Crippen molar-refractivity contribution < 1.29 is 14.3 Å². The molecule has 0 aliphatic carbocycles. The lowest BCUT2D eigenvalue weighted by Crippen LogP contribution is -2.30. The van der Waals surface area contributed by atoms with Crippen LogP contribution in [0.25, 0.3) is 0 Å². The number of hydrogen-bond acceptors (Lipinski definition) is 8. The second-order valence-electron chi connectivity index (χ2n) is 4.37. The van der Waals surface area contributed by atoms with Crippen molar-refractivity contribution in [3.8, 4) is 0 Å². The predicted molar refractivity (Wildman–Crippen MR) is 85.1 cm³/mol. The molecule has 1 amide bonds. The number of nitrogens with two attached hydrogens (primary N) is 2.